The third-order valence-electron chi connectivity index (χ3n) is 3.96. The minimum atomic E-state index is -0.669. The van der Waals surface area contributed by atoms with Crippen LogP contribution in [0.2, 0.25) is 0 Å². The molecule has 2 aromatic heterocycles. The van der Waals surface area contributed by atoms with Crippen LogP contribution in [0.1, 0.15) is 46.3 Å². The molecule has 0 bridgehead atoms. The molecular weight excluding hydrogens is 284 g/mol. The molecule has 1 unspecified atom stereocenters. The maximum absolute atomic E-state index is 12.3. The lowest BCUT2D eigenvalue weighted by Crippen LogP contribution is -2.35. The molecule has 2 heterocycles. The molecule has 1 atom stereocenters. The van der Waals surface area contributed by atoms with Crippen molar-refractivity contribution in [3.8, 4) is 0 Å². The van der Waals surface area contributed by atoms with E-state index < -0.39 is 17.5 Å². The summed E-state index contributed by atoms with van der Waals surface area (Å²) in [5.41, 5.74) is 1.63. The Bertz CT molecular complexity index is 718. The number of hydrogen-bond acceptors (Lipinski definition) is 4. The summed E-state index contributed by atoms with van der Waals surface area (Å²) in [6.45, 7) is -0.303. The van der Waals surface area contributed by atoms with Gasteiger partial charge >= 0.3 is 0 Å². The van der Waals surface area contributed by atoms with Crippen molar-refractivity contribution < 1.29 is 14.3 Å². The van der Waals surface area contributed by atoms with Crippen LogP contribution < -0.4 is 10.9 Å². The van der Waals surface area contributed by atoms with Gasteiger partial charge in [0.1, 0.15) is 17.4 Å². The van der Waals surface area contributed by atoms with Gasteiger partial charge in [0.2, 0.25) is 0 Å². The van der Waals surface area contributed by atoms with Gasteiger partial charge in [-0.25, -0.2) is 0 Å². The van der Waals surface area contributed by atoms with Gasteiger partial charge in [0.15, 0.2) is 0 Å². The maximum atomic E-state index is 12.3. The second-order valence-electron chi connectivity index (χ2n) is 5.45. The van der Waals surface area contributed by atoms with Crippen LogP contribution in [0.25, 0.3) is 0 Å². The van der Waals surface area contributed by atoms with Crippen LogP contribution in [0.4, 0.5) is 0 Å². The number of aryl methyl sites for hydroxylation is 2. The van der Waals surface area contributed by atoms with Crippen molar-refractivity contribution in [2.75, 3.05) is 6.61 Å². The normalized spacial score (nSPS) is 15.1. The van der Waals surface area contributed by atoms with Crippen molar-refractivity contribution in [2.24, 2.45) is 0 Å². The van der Waals surface area contributed by atoms with Gasteiger partial charge in [-0.1, -0.05) is 0 Å². The van der Waals surface area contributed by atoms with Crippen LogP contribution in [0.15, 0.2) is 33.7 Å². The molecule has 1 amide bonds. The fourth-order valence-corrected chi connectivity index (χ4v) is 2.78. The molecule has 3 N–H and O–H groups in total. The highest BCUT2D eigenvalue weighted by molar-refractivity contribution is 5.94. The van der Waals surface area contributed by atoms with Crippen LogP contribution in [0, 0.1) is 0 Å². The van der Waals surface area contributed by atoms with Crippen LogP contribution >= 0.6 is 0 Å². The van der Waals surface area contributed by atoms with E-state index in [1.807, 2.05) is 0 Å². The summed E-state index contributed by atoms with van der Waals surface area (Å²) >= 11 is 0. The Kier molecular flexibility index (Phi) is 4.11. The molecule has 0 fully saturated rings. The van der Waals surface area contributed by atoms with E-state index in [-0.39, 0.29) is 12.2 Å². The number of aromatic nitrogens is 1. The maximum Gasteiger partial charge on any atom is 0.261 e. The zero-order chi connectivity index (χ0) is 15.5. The quantitative estimate of drug-likeness (QED) is 0.793. The van der Waals surface area contributed by atoms with E-state index in [4.69, 9.17) is 4.42 Å². The van der Waals surface area contributed by atoms with Crippen molar-refractivity contribution in [3.63, 3.8) is 0 Å². The van der Waals surface area contributed by atoms with E-state index >= 15 is 0 Å². The molecule has 0 aliphatic heterocycles. The highest BCUT2D eigenvalue weighted by Gasteiger charge is 2.21. The van der Waals surface area contributed by atoms with Gasteiger partial charge in [-0.15, -0.1) is 0 Å². The summed E-state index contributed by atoms with van der Waals surface area (Å²) < 4.78 is 5.18. The van der Waals surface area contributed by atoms with Crippen molar-refractivity contribution in [3.05, 3.63) is 57.4 Å². The number of rotatable bonds is 4. The standard InChI is InChI=1S/C16H18N2O4/c19-9-13(14-6-3-7-22-14)18-16(21)11-8-10-4-1-2-5-12(10)17-15(11)20/h3,6-8,13,19H,1-2,4-5,9H2,(H,17,20)(H,18,21). The lowest BCUT2D eigenvalue weighted by Gasteiger charge is -2.17. The lowest BCUT2D eigenvalue weighted by molar-refractivity contribution is 0.0905. The fraction of sp³-hybridized carbons (Fsp3) is 0.375. The Morgan fingerprint density at radius 3 is 2.95 bits per heavy atom. The topological polar surface area (TPSA) is 95.3 Å². The van der Waals surface area contributed by atoms with Gasteiger partial charge in [0.05, 0.1) is 12.9 Å². The van der Waals surface area contributed by atoms with Crippen molar-refractivity contribution in [1.29, 1.82) is 0 Å². The van der Waals surface area contributed by atoms with E-state index in [0.717, 1.165) is 36.9 Å². The zero-order valence-corrected chi connectivity index (χ0v) is 12.1. The number of H-pyrrole nitrogens is 1. The minimum Gasteiger partial charge on any atom is -0.467 e. The smallest absolute Gasteiger partial charge is 0.261 e. The Hall–Kier alpha value is -2.34. The number of aliphatic hydroxyl groups is 1. The lowest BCUT2D eigenvalue weighted by atomic mass is 9.95. The van der Waals surface area contributed by atoms with E-state index in [9.17, 15) is 14.7 Å². The fourth-order valence-electron chi connectivity index (χ4n) is 2.78. The number of aliphatic hydroxyl groups excluding tert-OH is 1. The second-order valence-corrected chi connectivity index (χ2v) is 5.45. The molecule has 0 radical (unpaired) electrons. The summed E-state index contributed by atoms with van der Waals surface area (Å²) in [4.78, 5) is 27.2. The molecule has 1 aliphatic carbocycles. The summed E-state index contributed by atoms with van der Waals surface area (Å²) in [6, 6.07) is 4.34. The van der Waals surface area contributed by atoms with Crippen LogP contribution in [-0.4, -0.2) is 22.6 Å². The molecule has 0 aromatic carbocycles. The predicted octanol–water partition coefficient (Wildman–Crippen LogP) is 1.31. The SMILES string of the molecule is O=C(NC(CO)c1ccco1)c1cc2c([nH]c1=O)CCCC2. The summed E-state index contributed by atoms with van der Waals surface area (Å²) in [6.07, 6.45) is 5.30. The summed E-state index contributed by atoms with van der Waals surface area (Å²) in [5, 5.41) is 12.0. The Labute approximate surface area is 127 Å². The van der Waals surface area contributed by atoms with Gasteiger partial charge < -0.3 is 19.8 Å². The largest absolute Gasteiger partial charge is 0.467 e. The van der Waals surface area contributed by atoms with Gasteiger partial charge in [0.25, 0.3) is 11.5 Å². The molecular formula is C16H18N2O4. The first-order chi connectivity index (χ1) is 10.7. The second kappa shape index (κ2) is 6.19. The molecule has 0 saturated carbocycles. The first kappa shape index (κ1) is 14.6. The Morgan fingerprint density at radius 1 is 1.41 bits per heavy atom. The number of aromatic amines is 1. The molecule has 0 spiro atoms. The number of carbonyl (C=O) groups excluding carboxylic acids is 1. The van der Waals surface area contributed by atoms with E-state index in [1.165, 1.54) is 6.26 Å². The van der Waals surface area contributed by atoms with Crippen molar-refractivity contribution in [2.45, 2.75) is 31.7 Å². The van der Waals surface area contributed by atoms with Crippen LogP contribution in [-0.2, 0) is 12.8 Å². The monoisotopic (exact) mass is 302 g/mol. The molecule has 1 aliphatic rings. The summed E-state index contributed by atoms with van der Waals surface area (Å²) in [5.74, 6) is -0.0599. The van der Waals surface area contributed by atoms with E-state index in [1.54, 1.807) is 18.2 Å². The van der Waals surface area contributed by atoms with E-state index in [0.29, 0.717) is 5.76 Å². The third kappa shape index (κ3) is 2.82. The highest BCUT2D eigenvalue weighted by Crippen LogP contribution is 2.19. The van der Waals surface area contributed by atoms with Gasteiger partial charge in [-0.05, 0) is 49.4 Å². The number of carbonyl (C=O) groups is 1. The Morgan fingerprint density at radius 2 is 2.23 bits per heavy atom. The summed E-state index contributed by atoms with van der Waals surface area (Å²) in [7, 11) is 0. The first-order valence-electron chi connectivity index (χ1n) is 7.39. The third-order valence-corrected chi connectivity index (χ3v) is 3.96. The first-order valence-corrected chi connectivity index (χ1v) is 7.39. The number of fused-ring (bicyclic) bond motifs is 1. The molecule has 116 valence electrons. The van der Waals surface area contributed by atoms with Crippen molar-refractivity contribution in [1.82, 2.24) is 10.3 Å². The molecule has 6 heteroatoms. The molecule has 3 rings (SSSR count). The van der Waals surface area contributed by atoms with Crippen LogP contribution in [0.3, 0.4) is 0 Å². The average Bonchev–Trinajstić information content (AvgIpc) is 3.06. The molecule has 2 aromatic rings. The molecule has 0 saturated heterocycles. The molecule has 22 heavy (non-hydrogen) atoms. The number of furan rings is 1. The number of hydrogen-bond donors (Lipinski definition) is 3. The van der Waals surface area contributed by atoms with Crippen LogP contribution in [0.5, 0.6) is 0 Å². The average molecular weight is 302 g/mol. The number of pyridine rings is 1. The van der Waals surface area contributed by atoms with Gasteiger partial charge in [-0.2, -0.15) is 0 Å². The number of nitrogens with one attached hydrogen (secondary N) is 2. The predicted molar refractivity (Wildman–Crippen MR) is 79.7 cm³/mol. The van der Waals surface area contributed by atoms with Crippen molar-refractivity contribution >= 4 is 5.91 Å². The van der Waals surface area contributed by atoms with E-state index in [2.05, 4.69) is 10.3 Å². The number of amides is 1. The molecule has 6 nitrogen and oxygen atoms in total. The van der Waals surface area contributed by atoms with Gasteiger partial charge in [0, 0.05) is 5.69 Å². The minimum absolute atomic E-state index is 0.0747. The zero-order valence-electron chi connectivity index (χ0n) is 12.1. The highest BCUT2D eigenvalue weighted by atomic mass is 16.3. The van der Waals surface area contributed by atoms with Gasteiger partial charge in [-0.3, -0.25) is 9.59 Å². The Balaban J connectivity index is 1.84.